The van der Waals surface area contributed by atoms with Gasteiger partial charge in [-0.15, -0.1) is 0 Å². The van der Waals surface area contributed by atoms with E-state index >= 15 is 0 Å². The molecule has 4 atom stereocenters. The van der Waals surface area contributed by atoms with Crippen molar-refractivity contribution in [2.24, 2.45) is 34.5 Å². The molecule has 2 fully saturated rings. The maximum Gasteiger partial charge on any atom is 0.203 e. The van der Waals surface area contributed by atoms with Crippen LogP contribution in [0.1, 0.15) is 116 Å². The lowest BCUT2D eigenvalue weighted by Crippen LogP contribution is -2.69. The Balaban J connectivity index is 1.52. The molecule has 0 amide bonds. The summed E-state index contributed by atoms with van der Waals surface area (Å²) in [6.07, 6.45) is 5.85. The molecule has 0 bridgehead atoms. The van der Waals surface area contributed by atoms with Gasteiger partial charge in [0.05, 0.1) is 11.1 Å². The van der Waals surface area contributed by atoms with E-state index < -0.39 is 56.8 Å². The fourth-order valence-electron chi connectivity index (χ4n) is 9.97. The highest BCUT2D eigenvalue weighted by molar-refractivity contribution is 6.24. The molecule has 0 radical (unpaired) electrons. The van der Waals surface area contributed by atoms with E-state index in [1.165, 1.54) is 12.8 Å². The summed E-state index contributed by atoms with van der Waals surface area (Å²) in [4.78, 5) is 41.2. The van der Waals surface area contributed by atoms with Gasteiger partial charge in [-0.1, -0.05) is 61.3 Å². The summed E-state index contributed by atoms with van der Waals surface area (Å²) in [7, 11) is 0. The molecule has 4 N–H and O–H groups in total. The zero-order valence-corrected chi connectivity index (χ0v) is 29.5. The number of ketones is 3. The summed E-state index contributed by atoms with van der Waals surface area (Å²) in [6, 6.07) is 5.68. The highest BCUT2D eigenvalue weighted by Gasteiger charge is 2.72. The Bertz CT molecular complexity index is 1780. The molecule has 0 aliphatic heterocycles. The van der Waals surface area contributed by atoms with Gasteiger partial charge in [-0.3, -0.25) is 14.4 Å². The lowest BCUT2D eigenvalue weighted by molar-refractivity contribution is -0.178. The van der Waals surface area contributed by atoms with Crippen molar-refractivity contribution in [2.75, 3.05) is 0 Å². The maximum atomic E-state index is 14.7. The van der Waals surface area contributed by atoms with Crippen LogP contribution < -0.4 is 0 Å². The first-order valence-corrected chi connectivity index (χ1v) is 17.5. The number of aromatic hydroxyl groups is 1. The number of rotatable bonds is 6. The standard InChI is InChI=1S/C40H50O8/c1-19(2)25-16-26(28-14-13-24(48-28)15-23-11-9-21(5)10-12-23)33(42)30-27(25)17-38(7)18-39(8)31(20(3)4)34(43)29(22(6)41)36(45)40(39,47)37(46)32(38)35(30)44/h13-14,16,19-21,23,31,42,44-45,47H,9-12,15,17-18H2,1-8H3/t21?,23?,31?,38-,39-,40+/m1/s1. The molecule has 2 saturated carbocycles. The summed E-state index contributed by atoms with van der Waals surface area (Å²) < 4.78 is 6.31. The van der Waals surface area contributed by atoms with E-state index in [9.17, 15) is 34.8 Å². The Labute approximate surface area is 282 Å². The SMILES string of the molecule is CC(=O)C1=C(O)[C@]2(O)C(=O)C3=C(O)c4c(O)c(-c5ccc(CC6CCC(C)CC6)o5)cc(C(C)C)c4C[C@]3(C)C[C@]2(C)C(C(C)C)C1=O. The average Bonchev–Trinajstić information content (AvgIpc) is 3.43. The van der Waals surface area contributed by atoms with Gasteiger partial charge < -0.3 is 24.8 Å². The quantitative estimate of drug-likeness (QED) is 0.229. The molecule has 6 rings (SSSR count). The van der Waals surface area contributed by atoms with Crippen molar-refractivity contribution in [1.29, 1.82) is 0 Å². The van der Waals surface area contributed by atoms with E-state index in [2.05, 4.69) is 6.92 Å². The minimum atomic E-state index is -2.64. The van der Waals surface area contributed by atoms with Gasteiger partial charge in [0.15, 0.2) is 17.2 Å². The summed E-state index contributed by atoms with van der Waals surface area (Å²) in [6.45, 7) is 14.5. The van der Waals surface area contributed by atoms with Crippen molar-refractivity contribution in [3.63, 3.8) is 0 Å². The fourth-order valence-corrected chi connectivity index (χ4v) is 9.97. The predicted octanol–water partition coefficient (Wildman–Crippen LogP) is 7.94. The Morgan fingerprint density at radius 2 is 1.67 bits per heavy atom. The van der Waals surface area contributed by atoms with Crippen LogP contribution in [0.5, 0.6) is 5.75 Å². The molecule has 1 unspecified atom stereocenters. The molecule has 0 spiro atoms. The van der Waals surface area contributed by atoms with Crippen LogP contribution in [-0.4, -0.2) is 43.4 Å². The Kier molecular flexibility index (Phi) is 8.17. The Hall–Kier alpha value is -3.65. The number of carbonyl (C=O) groups excluding carboxylic acids is 3. The summed E-state index contributed by atoms with van der Waals surface area (Å²) in [5, 5.41) is 47.8. The maximum absolute atomic E-state index is 14.7. The number of aliphatic hydroxyl groups is 3. The number of Topliss-reactive ketones (excluding diaryl/α,β-unsaturated/α-hetero) is 3. The van der Waals surface area contributed by atoms with Crippen LogP contribution in [-0.2, 0) is 27.2 Å². The summed E-state index contributed by atoms with van der Waals surface area (Å²) in [5.74, 6) is -2.73. The lowest BCUT2D eigenvalue weighted by atomic mass is 9.43. The van der Waals surface area contributed by atoms with Crippen molar-refractivity contribution in [2.45, 2.75) is 112 Å². The predicted molar refractivity (Wildman–Crippen MR) is 182 cm³/mol. The zero-order valence-electron chi connectivity index (χ0n) is 29.5. The van der Waals surface area contributed by atoms with E-state index in [1.807, 2.05) is 39.0 Å². The van der Waals surface area contributed by atoms with Gasteiger partial charge in [0.25, 0.3) is 0 Å². The molecule has 258 valence electrons. The van der Waals surface area contributed by atoms with E-state index in [0.29, 0.717) is 22.8 Å². The first-order chi connectivity index (χ1) is 22.4. The number of hydrogen-bond donors (Lipinski definition) is 4. The van der Waals surface area contributed by atoms with Gasteiger partial charge >= 0.3 is 0 Å². The van der Waals surface area contributed by atoms with Crippen molar-refractivity contribution < 1.29 is 39.2 Å². The number of allylic oxidation sites excluding steroid dienone is 1. The zero-order chi connectivity index (χ0) is 35.2. The topological polar surface area (TPSA) is 145 Å². The van der Waals surface area contributed by atoms with Crippen molar-refractivity contribution in [3.05, 3.63) is 57.6 Å². The second-order valence-corrected chi connectivity index (χ2v) is 16.4. The third-order valence-corrected chi connectivity index (χ3v) is 12.2. The van der Waals surface area contributed by atoms with Crippen LogP contribution >= 0.6 is 0 Å². The minimum absolute atomic E-state index is 0.0219. The third kappa shape index (κ3) is 4.76. The van der Waals surface area contributed by atoms with Crippen LogP contribution in [0, 0.1) is 34.5 Å². The fraction of sp³-hybridized carbons (Fsp3) is 0.575. The number of carbonyl (C=O) groups is 3. The highest BCUT2D eigenvalue weighted by Crippen LogP contribution is 2.65. The molecule has 4 aliphatic carbocycles. The van der Waals surface area contributed by atoms with Crippen molar-refractivity contribution >= 4 is 23.1 Å². The largest absolute Gasteiger partial charge is 0.508 e. The number of fused-ring (bicyclic) bond motifs is 3. The smallest absolute Gasteiger partial charge is 0.203 e. The first kappa shape index (κ1) is 34.2. The van der Waals surface area contributed by atoms with Crippen molar-refractivity contribution in [3.8, 4) is 17.1 Å². The van der Waals surface area contributed by atoms with Crippen LogP contribution in [0.25, 0.3) is 17.1 Å². The second-order valence-electron chi connectivity index (χ2n) is 16.4. The lowest BCUT2D eigenvalue weighted by Gasteiger charge is -2.59. The van der Waals surface area contributed by atoms with Gasteiger partial charge in [0, 0.05) is 28.7 Å². The highest BCUT2D eigenvalue weighted by atomic mass is 16.4. The van der Waals surface area contributed by atoms with E-state index in [1.54, 1.807) is 20.8 Å². The Morgan fingerprint density at radius 3 is 2.25 bits per heavy atom. The van der Waals surface area contributed by atoms with Crippen LogP contribution in [0.2, 0.25) is 0 Å². The molecule has 4 aliphatic rings. The van der Waals surface area contributed by atoms with E-state index in [4.69, 9.17) is 4.42 Å². The van der Waals surface area contributed by atoms with Gasteiger partial charge in [-0.2, -0.15) is 0 Å². The molecular weight excluding hydrogens is 608 g/mol. The van der Waals surface area contributed by atoms with Crippen molar-refractivity contribution in [1.82, 2.24) is 0 Å². The molecule has 8 nitrogen and oxygen atoms in total. The average molecular weight is 659 g/mol. The number of benzene rings is 1. The summed E-state index contributed by atoms with van der Waals surface area (Å²) in [5.41, 5.74) is -3.84. The van der Waals surface area contributed by atoms with Gasteiger partial charge in [-0.05, 0) is 85.6 Å². The van der Waals surface area contributed by atoms with Crippen LogP contribution in [0.4, 0.5) is 0 Å². The van der Waals surface area contributed by atoms with Gasteiger partial charge in [-0.25, -0.2) is 0 Å². The number of phenolic OH excluding ortho intramolecular Hbond substituents is 1. The number of phenols is 1. The minimum Gasteiger partial charge on any atom is -0.508 e. The molecule has 48 heavy (non-hydrogen) atoms. The van der Waals surface area contributed by atoms with E-state index in [-0.39, 0.29) is 41.6 Å². The van der Waals surface area contributed by atoms with Gasteiger partial charge in [0.1, 0.15) is 34.4 Å². The first-order valence-electron chi connectivity index (χ1n) is 17.5. The molecule has 8 heteroatoms. The molecule has 1 heterocycles. The third-order valence-electron chi connectivity index (χ3n) is 12.2. The second kappa shape index (κ2) is 11.5. The molecule has 1 aromatic carbocycles. The molecule has 1 aromatic heterocycles. The normalized spacial score (nSPS) is 32.1. The number of aliphatic hydroxyl groups excluding tert-OH is 2. The molecular formula is C40H50O8. The monoisotopic (exact) mass is 658 g/mol. The van der Waals surface area contributed by atoms with E-state index in [0.717, 1.165) is 43.4 Å². The Morgan fingerprint density at radius 1 is 1.02 bits per heavy atom. The number of hydrogen-bond acceptors (Lipinski definition) is 8. The molecule has 2 aromatic rings. The van der Waals surface area contributed by atoms with Crippen LogP contribution in [0.3, 0.4) is 0 Å². The summed E-state index contributed by atoms with van der Waals surface area (Å²) >= 11 is 0. The van der Waals surface area contributed by atoms with Gasteiger partial charge in [0.2, 0.25) is 5.78 Å². The molecule has 0 saturated heterocycles. The number of furan rings is 1. The van der Waals surface area contributed by atoms with Crippen LogP contribution in [0.15, 0.2) is 39.5 Å².